The number of pyridine rings is 1. The largest absolute Gasteiger partial charge is 0.497 e. The van der Waals surface area contributed by atoms with Gasteiger partial charge in [0.15, 0.2) is 0 Å². The first-order valence-corrected chi connectivity index (χ1v) is 6.50. The summed E-state index contributed by atoms with van der Waals surface area (Å²) in [6.45, 7) is 2.01. The van der Waals surface area contributed by atoms with Crippen molar-refractivity contribution in [2.75, 3.05) is 12.4 Å². The lowest BCUT2D eigenvalue weighted by atomic mass is 10.2. The van der Waals surface area contributed by atoms with Gasteiger partial charge in [-0.05, 0) is 46.6 Å². The van der Waals surface area contributed by atoms with Crippen molar-refractivity contribution in [1.82, 2.24) is 4.98 Å². The highest BCUT2D eigenvalue weighted by atomic mass is 79.9. The molecule has 18 heavy (non-hydrogen) atoms. The summed E-state index contributed by atoms with van der Waals surface area (Å²) in [5, 5.41) is 3.77. The Balaban J connectivity index is 2.25. The molecule has 1 aromatic carbocycles. The van der Waals surface area contributed by atoms with Crippen LogP contribution in [-0.4, -0.2) is 12.1 Å². The zero-order valence-electron chi connectivity index (χ0n) is 10.00. The summed E-state index contributed by atoms with van der Waals surface area (Å²) in [7, 11) is 1.61. The van der Waals surface area contributed by atoms with Gasteiger partial charge in [0.25, 0.3) is 0 Å². The van der Waals surface area contributed by atoms with Crippen LogP contribution >= 0.6 is 27.5 Å². The average Bonchev–Trinajstić information content (AvgIpc) is 2.36. The van der Waals surface area contributed by atoms with E-state index in [4.69, 9.17) is 16.3 Å². The number of benzene rings is 1. The number of anilines is 2. The predicted octanol–water partition coefficient (Wildman–Crippen LogP) is 4.56. The van der Waals surface area contributed by atoms with Gasteiger partial charge in [-0.25, -0.2) is 4.98 Å². The zero-order chi connectivity index (χ0) is 13.1. The standard InChI is InChI=1S/C13H12BrClN2O/c1-8-5-13(16-7-10(8)14)17-12-4-3-9(18-2)6-11(12)15/h3-7H,1-2H3,(H,16,17). The fourth-order valence-corrected chi connectivity index (χ4v) is 1.90. The molecule has 2 rings (SSSR count). The quantitative estimate of drug-likeness (QED) is 0.897. The van der Waals surface area contributed by atoms with Gasteiger partial charge in [0.2, 0.25) is 0 Å². The molecule has 0 unspecified atom stereocenters. The predicted molar refractivity (Wildman–Crippen MR) is 78.0 cm³/mol. The van der Waals surface area contributed by atoms with Crippen molar-refractivity contribution in [3.63, 3.8) is 0 Å². The topological polar surface area (TPSA) is 34.1 Å². The number of halogens is 2. The molecule has 0 bridgehead atoms. The fourth-order valence-electron chi connectivity index (χ4n) is 1.47. The number of hydrogen-bond donors (Lipinski definition) is 1. The molecule has 1 N–H and O–H groups in total. The van der Waals surface area contributed by atoms with E-state index in [1.54, 1.807) is 19.4 Å². The first kappa shape index (κ1) is 13.2. The Kier molecular flexibility index (Phi) is 4.09. The van der Waals surface area contributed by atoms with Crippen molar-refractivity contribution in [1.29, 1.82) is 0 Å². The van der Waals surface area contributed by atoms with Crippen LogP contribution in [0, 0.1) is 6.92 Å². The van der Waals surface area contributed by atoms with E-state index in [9.17, 15) is 0 Å². The second kappa shape index (κ2) is 5.59. The second-order valence-electron chi connectivity index (χ2n) is 3.79. The maximum absolute atomic E-state index is 6.15. The maximum Gasteiger partial charge on any atom is 0.130 e. The molecule has 2 aromatic rings. The van der Waals surface area contributed by atoms with Crippen LogP contribution < -0.4 is 10.1 Å². The maximum atomic E-state index is 6.15. The molecule has 0 saturated carbocycles. The Morgan fingerprint density at radius 1 is 1.33 bits per heavy atom. The minimum Gasteiger partial charge on any atom is -0.497 e. The molecule has 0 fully saturated rings. The smallest absolute Gasteiger partial charge is 0.130 e. The van der Waals surface area contributed by atoms with E-state index in [0.717, 1.165) is 27.3 Å². The number of hydrogen-bond acceptors (Lipinski definition) is 3. The molecular formula is C13H12BrClN2O. The van der Waals surface area contributed by atoms with Crippen molar-refractivity contribution in [2.45, 2.75) is 6.92 Å². The molecule has 5 heteroatoms. The molecule has 1 aromatic heterocycles. The molecule has 0 radical (unpaired) electrons. The highest BCUT2D eigenvalue weighted by molar-refractivity contribution is 9.10. The number of methoxy groups -OCH3 is 1. The lowest BCUT2D eigenvalue weighted by molar-refractivity contribution is 0.415. The van der Waals surface area contributed by atoms with Crippen LogP contribution in [0.3, 0.4) is 0 Å². The van der Waals surface area contributed by atoms with Crippen molar-refractivity contribution >= 4 is 39.0 Å². The fraction of sp³-hybridized carbons (Fsp3) is 0.154. The molecule has 0 atom stereocenters. The van der Waals surface area contributed by atoms with Crippen LogP contribution in [0.4, 0.5) is 11.5 Å². The van der Waals surface area contributed by atoms with Crippen LogP contribution in [0.25, 0.3) is 0 Å². The van der Waals surface area contributed by atoms with Crippen molar-refractivity contribution < 1.29 is 4.74 Å². The number of rotatable bonds is 3. The van der Waals surface area contributed by atoms with Crippen LogP contribution in [0.15, 0.2) is 34.9 Å². The van der Waals surface area contributed by atoms with Crippen LogP contribution in [0.2, 0.25) is 5.02 Å². The lowest BCUT2D eigenvalue weighted by Gasteiger charge is -2.10. The minimum atomic E-state index is 0.594. The lowest BCUT2D eigenvalue weighted by Crippen LogP contribution is -1.95. The van der Waals surface area contributed by atoms with E-state index < -0.39 is 0 Å². The second-order valence-corrected chi connectivity index (χ2v) is 5.05. The summed E-state index contributed by atoms with van der Waals surface area (Å²) < 4.78 is 6.08. The van der Waals surface area contributed by atoms with Gasteiger partial charge in [0.05, 0.1) is 17.8 Å². The normalized spacial score (nSPS) is 10.2. The number of nitrogens with one attached hydrogen (secondary N) is 1. The SMILES string of the molecule is COc1ccc(Nc2cc(C)c(Br)cn2)c(Cl)c1. The summed E-state index contributed by atoms with van der Waals surface area (Å²) in [5.41, 5.74) is 1.91. The summed E-state index contributed by atoms with van der Waals surface area (Å²) >= 11 is 9.56. The summed E-state index contributed by atoms with van der Waals surface area (Å²) in [4.78, 5) is 4.27. The Labute approximate surface area is 119 Å². The average molecular weight is 328 g/mol. The molecule has 0 saturated heterocycles. The van der Waals surface area contributed by atoms with Crippen molar-refractivity contribution in [3.05, 3.63) is 45.5 Å². The molecular weight excluding hydrogens is 316 g/mol. The van der Waals surface area contributed by atoms with Gasteiger partial charge in [-0.2, -0.15) is 0 Å². The Hall–Kier alpha value is -1.26. The Morgan fingerprint density at radius 3 is 2.72 bits per heavy atom. The van der Waals surface area contributed by atoms with Gasteiger partial charge < -0.3 is 10.1 Å². The first-order valence-electron chi connectivity index (χ1n) is 5.33. The number of aromatic nitrogens is 1. The van der Waals surface area contributed by atoms with Crippen LogP contribution in [-0.2, 0) is 0 Å². The molecule has 94 valence electrons. The van der Waals surface area contributed by atoms with Gasteiger partial charge in [-0.15, -0.1) is 0 Å². The zero-order valence-corrected chi connectivity index (χ0v) is 12.3. The third-order valence-corrected chi connectivity index (χ3v) is 3.63. The number of nitrogens with zero attached hydrogens (tertiary/aromatic N) is 1. The van der Waals surface area contributed by atoms with Crippen molar-refractivity contribution in [3.8, 4) is 5.75 Å². The molecule has 0 aliphatic carbocycles. The molecule has 0 aliphatic rings. The number of aryl methyl sites for hydroxylation is 1. The molecule has 1 heterocycles. The van der Waals surface area contributed by atoms with E-state index >= 15 is 0 Å². The third kappa shape index (κ3) is 2.94. The summed E-state index contributed by atoms with van der Waals surface area (Å²) in [6, 6.07) is 7.42. The molecule has 0 amide bonds. The van der Waals surface area contributed by atoms with E-state index in [-0.39, 0.29) is 0 Å². The molecule has 0 spiro atoms. The van der Waals surface area contributed by atoms with E-state index in [2.05, 4.69) is 26.2 Å². The van der Waals surface area contributed by atoms with E-state index in [1.165, 1.54) is 0 Å². The van der Waals surface area contributed by atoms with Gasteiger partial charge in [0.1, 0.15) is 11.6 Å². The van der Waals surface area contributed by atoms with Gasteiger partial charge >= 0.3 is 0 Å². The Bertz CT molecular complexity index is 575. The van der Waals surface area contributed by atoms with Crippen LogP contribution in [0.1, 0.15) is 5.56 Å². The number of ether oxygens (including phenoxy) is 1. The van der Waals surface area contributed by atoms with E-state index in [0.29, 0.717) is 5.02 Å². The first-order chi connectivity index (χ1) is 8.60. The van der Waals surface area contributed by atoms with Gasteiger partial charge in [-0.3, -0.25) is 0 Å². The summed E-state index contributed by atoms with van der Waals surface area (Å²) in [5.74, 6) is 1.48. The van der Waals surface area contributed by atoms with Gasteiger partial charge in [0, 0.05) is 16.7 Å². The Morgan fingerprint density at radius 2 is 2.11 bits per heavy atom. The van der Waals surface area contributed by atoms with Crippen molar-refractivity contribution in [2.24, 2.45) is 0 Å². The van der Waals surface area contributed by atoms with Crippen LogP contribution in [0.5, 0.6) is 5.75 Å². The highest BCUT2D eigenvalue weighted by Crippen LogP contribution is 2.29. The molecule has 0 aliphatic heterocycles. The minimum absolute atomic E-state index is 0.594. The third-order valence-electron chi connectivity index (χ3n) is 2.49. The molecule has 3 nitrogen and oxygen atoms in total. The summed E-state index contributed by atoms with van der Waals surface area (Å²) in [6.07, 6.45) is 1.76. The monoisotopic (exact) mass is 326 g/mol. The van der Waals surface area contributed by atoms with Gasteiger partial charge in [-0.1, -0.05) is 11.6 Å². The highest BCUT2D eigenvalue weighted by Gasteiger charge is 2.04. The van der Waals surface area contributed by atoms with E-state index in [1.807, 2.05) is 25.1 Å².